The molecule has 2 bridgehead atoms. The molecule has 0 spiro atoms. The third kappa shape index (κ3) is 2.90. The van der Waals surface area contributed by atoms with Crippen molar-refractivity contribution in [3.8, 4) is 11.5 Å². The molecule has 5 heteroatoms. The number of carbonyl (C=O) groups is 2. The van der Waals surface area contributed by atoms with Crippen LogP contribution in [0.1, 0.15) is 57.3 Å². The molecule has 2 aliphatic carbocycles. The molecule has 25 heavy (non-hydrogen) atoms. The number of hydrogen-bond acceptors (Lipinski definition) is 5. The van der Waals surface area contributed by atoms with Gasteiger partial charge in [0.2, 0.25) is 0 Å². The summed E-state index contributed by atoms with van der Waals surface area (Å²) in [5, 5.41) is 0. The lowest BCUT2D eigenvalue weighted by atomic mass is 9.71. The van der Waals surface area contributed by atoms with E-state index in [1.807, 2.05) is 0 Å². The van der Waals surface area contributed by atoms with Crippen molar-refractivity contribution in [2.45, 2.75) is 53.1 Å². The molecule has 0 unspecified atom stereocenters. The highest BCUT2D eigenvalue weighted by atomic mass is 16.6. The van der Waals surface area contributed by atoms with E-state index in [1.54, 1.807) is 18.2 Å². The van der Waals surface area contributed by atoms with E-state index < -0.39 is 5.97 Å². The van der Waals surface area contributed by atoms with Crippen LogP contribution in [-0.2, 0) is 9.53 Å². The highest BCUT2D eigenvalue weighted by Gasteiger charge is 2.61. The Labute approximate surface area is 148 Å². The maximum absolute atomic E-state index is 12.6. The van der Waals surface area contributed by atoms with Crippen molar-refractivity contribution in [3.63, 3.8) is 0 Å². The van der Waals surface area contributed by atoms with Gasteiger partial charge in [-0.25, -0.2) is 4.79 Å². The Balaban J connectivity index is 1.75. The first-order valence-corrected chi connectivity index (χ1v) is 8.75. The van der Waals surface area contributed by atoms with Crippen molar-refractivity contribution in [1.82, 2.24) is 0 Å². The number of fused-ring (bicyclic) bond motifs is 2. The smallest absolute Gasteiger partial charge is 0.338 e. The lowest BCUT2D eigenvalue weighted by molar-refractivity contribution is -0.132. The summed E-state index contributed by atoms with van der Waals surface area (Å²) in [5.41, 5.74) is 0.826. The molecular weight excluding hydrogens is 320 g/mol. The number of carbonyl (C=O) groups excluding carboxylic acids is 2. The average molecular weight is 346 g/mol. The van der Waals surface area contributed by atoms with Gasteiger partial charge in [0, 0.05) is 12.8 Å². The topological polar surface area (TPSA) is 61.8 Å². The summed E-state index contributed by atoms with van der Waals surface area (Å²) in [6.45, 7) is 8.20. The van der Waals surface area contributed by atoms with Crippen LogP contribution in [0.25, 0.3) is 0 Å². The summed E-state index contributed by atoms with van der Waals surface area (Å²) < 4.78 is 16.1. The lowest BCUT2D eigenvalue weighted by Gasteiger charge is -2.33. The molecule has 1 aromatic rings. The van der Waals surface area contributed by atoms with Gasteiger partial charge in [0.15, 0.2) is 11.5 Å². The summed E-state index contributed by atoms with van der Waals surface area (Å²) in [5.74, 6) is 0.240. The first kappa shape index (κ1) is 17.8. The predicted octanol–water partition coefficient (Wildman–Crippen LogP) is 3.99. The largest absolute Gasteiger partial charge is 0.493 e. The molecule has 0 saturated heterocycles. The van der Waals surface area contributed by atoms with Crippen LogP contribution in [0.15, 0.2) is 18.2 Å². The Morgan fingerprint density at radius 2 is 1.88 bits per heavy atom. The second-order valence-corrected chi connectivity index (χ2v) is 8.03. The van der Waals surface area contributed by atoms with Crippen LogP contribution >= 0.6 is 0 Å². The predicted molar refractivity (Wildman–Crippen MR) is 92.7 cm³/mol. The van der Waals surface area contributed by atoms with E-state index >= 15 is 0 Å². The van der Waals surface area contributed by atoms with E-state index in [1.165, 1.54) is 20.5 Å². The fraction of sp³-hybridized carbons (Fsp3) is 0.600. The van der Waals surface area contributed by atoms with Gasteiger partial charge in [-0.1, -0.05) is 20.8 Å². The molecule has 0 N–H and O–H groups in total. The van der Waals surface area contributed by atoms with Gasteiger partial charge in [-0.15, -0.1) is 0 Å². The van der Waals surface area contributed by atoms with Crippen molar-refractivity contribution in [2.75, 3.05) is 7.11 Å². The minimum absolute atomic E-state index is 0.0413. The highest BCUT2D eigenvalue weighted by Crippen LogP contribution is 2.66. The minimum Gasteiger partial charge on any atom is -0.493 e. The molecule has 0 aliphatic heterocycles. The standard InChI is InChI=1S/C20H26O5/c1-12(21)24-15-7-6-13(10-16(15)23-5)18(22)25-17-11-20(4)9-8-14(17)19(20,2)3/h6-7,10,14,17H,8-9,11H2,1-5H3/t14-,17+,20+/m1/s1. The maximum atomic E-state index is 12.6. The molecule has 5 nitrogen and oxygen atoms in total. The molecule has 0 amide bonds. The van der Waals surface area contributed by atoms with Gasteiger partial charge in [-0.3, -0.25) is 4.79 Å². The van der Waals surface area contributed by atoms with Gasteiger partial charge in [0.25, 0.3) is 0 Å². The molecular formula is C20H26O5. The zero-order chi connectivity index (χ0) is 18.4. The van der Waals surface area contributed by atoms with Crippen molar-refractivity contribution in [3.05, 3.63) is 23.8 Å². The van der Waals surface area contributed by atoms with Crippen LogP contribution in [0.4, 0.5) is 0 Å². The molecule has 2 saturated carbocycles. The Morgan fingerprint density at radius 1 is 1.16 bits per heavy atom. The van der Waals surface area contributed by atoms with E-state index in [9.17, 15) is 9.59 Å². The third-order valence-corrected chi connectivity index (χ3v) is 6.50. The molecule has 0 radical (unpaired) electrons. The molecule has 0 heterocycles. The number of rotatable bonds is 4. The molecule has 2 aliphatic rings. The van der Waals surface area contributed by atoms with Crippen LogP contribution in [0.5, 0.6) is 11.5 Å². The summed E-state index contributed by atoms with van der Waals surface area (Å²) >= 11 is 0. The molecule has 0 aromatic heterocycles. The second kappa shape index (κ2) is 6.04. The van der Waals surface area contributed by atoms with Crippen molar-refractivity contribution < 1.29 is 23.8 Å². The molecule has 3 atom stereocenters. The van der Waals surface area contributed by atoms with E-state index in [2.05, 4.69) is 20.8 Å². The Kier molecular flexibility index (Phi) is 4.30. The fourth-order valence-corrected chi connectivity index (χ4v) is 4.57. The van der Waals surface area contributed by atoms with Gasteiger partial charge in [0.05, 0.1) is 12.7 Å². The summed E-state index contributed by atoms with van der Waals surface area (Å²) in [6.07, 6.45) is 3.18. The van der Waals surface area contributed by atoms with Crippen molar-refractivity contribution >= 4 is 11.9 Å². The van der Waals surface area contributed by atoms with Crippen molar-refractivity contribution in [2.24, 2.45) is 16.7 Å². The van der Waals surface area contributed by atoms with E-state index in [0.717, 1.165) is 12.8 Å². The Morgan fingerprint density at radius 3 is 2.40 bits per heavy atom. The zero-order valence-electron chi connectivity index (χ0n) is 15.5. The normalized spacial score (nSPS) is 29.3. The number of methoxy groups -OCH3 is 1. The summed E-state index contributed by atoms with van der Waals surface area (Å²) in [4.78, 5) is 23.7. The SMILES string of the molecule is COc1cc(C(=O)O[C@H]2C[C@]3(C)CC[C@H]2C3(C)C)ccc1OC(C)=O. The highest BCUT2D eigenvalue weighted by molar-refractivity contribution is 5.90. The van der Waals surface area contributed by atoms with Gasteiger partial charge < -0.3 is 14.2 Å². The summed E-state index contributed by atoms with van der Waals surface area (Å²) in [7, 11) is 1.47. The summed E-state index contributed by atoms with van der Waals surface area (Å²) in [6, 6.07) is 4.72. The van der Waals surface area contributed by atoms with Crippen LogP contribution in [0.2, 0.25) is 0 Å². The van der Waals surface area contributed by atoms with Crippen LogP contribution in [-0.4, -0.2) is 25.2 Å². The van der Waals surface area contributed by atoms with Gasteiger partial charge in [0.1, 0.15) is 6.10 Å². The van der Waals surface area contributed by atoms with Crippen LogP contribution in [0.3, 0.4) is 0 Å². The number of ether oxygens (including phenoxy) is 3. The Hall–Kier alpha value is -2.04. The van der Waals surface area contributed by atoms with E-state index in [-0.39, 0.29) is 22.9 Å². The van der Waals surface area contributed by atoms with E-state index in [0.29, 0.717) is 23.0 Å². The Bertz CT molecular complexity index is 705. The van der Waals surface area contributed by atoms with Gasteiger partial charge in [-0.05, 0) is 48.3 Å². The first-order valence-electron chi connectivity index (χ1n) is 8.75. The zero-order valence-corrected chi connectivity index (χ0v) is 15.5. The monoisotopic (exact) mass is 346 g/mol. The first-order chi connectivity index (χ1) is 11.7. The number of esters is 2. The van der Waals surface area contributed by atoms with Gasteiger partial charge >= 0.3 is 11.9 Å². The van der Waals surface area contributed by atoms with Gasteiger partial charge in [-0.2, -0.15) is 0 Å². The average Bonchev–Trinajstić information content (AvgIpc) is 2.87. The van der Waals surface area contributed by atoms with Crippen LogP contribution in [0, 0.1) is 16.7 Å². The molecule has 1 aromatic carbocycles. The lowest BCUT2D eigenvalue weighted by Crippen LogP contribution is -2.28. The number of hydrogen-bond donors (Lipinski definition) is 0. The maximum Gasteiger partial charge on any atom is 0.338 e. The second-order valence-electron chi connectivity index (χ2n) is 8.03. The fourth-order valence-electron chi connectivity index (χ4n) is 4.57. The third-order valence-electron chi connectivity index (χ3n) is 6.50. The minimum atomic E-state index is -0.439. The number of benzene rings is 1. The molecule has 3 rings (SSSR count). The molecule has 2 fully saturated rings. The quantitative estimate of drug-likeness (QED) is 0.609. The molecule has 136 valence electrons. The van der Waals surface area contributed by atoms with Crippen LogP contribution < -0.4 is 9.47 Å². The van der Waals surface area contributed by atoms with E-state index in [4.69, 9.17) is 14.2 Å². The van der Waals surface area contributed by atoms with Crippen molar-refractivity contribution in [1.29, 1.82) is 0 Å².